The van der Waals surface area contributed by atoms with Crippen LogP contribution in [0.5, 0.6) is 0 Å². The Bertz CT molecular complexity index is 368. The first-order chi connectivity index (χ1) is 7.72. The van der Waals surface area contributed by atoms with Crippen LogP contribution in [-0.4, -0.2) is 17.7 Å². The monoisotopic (exact) mass is 242 g/mol. The molecule has 0 bridgehead atoms. The molecular formula is C10H15ClN4O. The number of pyridine rings is 1. The molecule has 16 heavy (non-hydrogen) atoms. The van der Waals surface area contributed by atoms with Gasteiger partial charge in [-0.2, -0.15) is 0 Å². The number of hydrogen-bond donors (Lipinski definition) is 3. The maximum Gasteiger partial charge on any atom is 0.128 e. The second-order valence-corrected chi connectivity index (χ2v) is 4.26. The van der Waals surface area contributed by atoms with E-state index in [9.17, 15) is 0 Å². The van der Waals surface area contributed by atoms with Crippen molar-refractivity contribution in [3.63, 3.8) is 0 Å². The van der Waals surface area contributed by atoms with Gasteiger partial charge in [0.25, 0.3) is 0 Å². The van der Waals surface area contributed by atoms with Crippen LogP contribution in [0, 0.1) is 0 Å². The third kappa shape index (κ3) is 2.27. The van der Waals surface area contributed by atoms with E-state index in [-0.39, 0.29) is 12.1 Å². The Morgan fingerprint density at radius 2 is 2.44 bits per heavy atom. The van der Waals surface area contributed by atoms with Gasteiger partial charge in [0.05, 0.1) is 17.2 Å². The van der Waals surface area contributed by atoms with Gasteiger partial charge in [-0.1, -0.05) is 11.6 Å². The molecule has 2 heterocycles. The van der Waals surface area contributed by atoms with Gasteiger partial charge in [0.1, 0.15) is 5.82 Å². The average Bonchev–Trinajstić information content (AvgIpc) is 2.78. The molecule has 5 N–H and O–H groups in total. The van der Waals surface area contributed by atoms with Gasteiger partial charge in [-0.05, 0) is 18.9 Å². The lowest BCUT2D eigenvalue weighted by atomic mass is 10.0. The lowest BCUT2D eigenvalue weighted by molar-refractivity contribution is 0.0785. The van der Waals surface area contributed by atoms with Crippen molar-refractivity contribution in [3.8, 4) is 0 Å². The lowest BCUT2D eigenvalue weighted by Crippen LogP contribution is -2.36. The van der Waals surface area contributed by atoms with Gasteiger partial charge in [0, 0.05) is 18.4 Å². The van der Waals surface area contributed by atoms with Crippen molar-refractivity contribution in [2.45, 2.75) is 25.0 Å². The molecule has 1 aliphatic heterocycles. The summed E-state index contributed by atoms with van der Waals surface area (Å²) in [5.74, 6) is 5.98. The fraction of sp³-hybridized carbons (Fsp3) is 0.500. The summed E-state index contributed by atoms with van der Waals surface area (Å²) < 4.78 is 5.59. The lowest BCUT2D eigenvalue weighted by Gasteiger charge is -2.23. The number of nitrogens with zero attached hydrogens (tertiary/aromatic N) is 1. The smallest absolute Gasteiger partial charge is 0.128 e. The Balaban J connectivity index is 2.28. The summed E-state index contributed by atoms with van der Waals surface area (Å²) in [5.41, 5.74) is 9.33. The first-order valence-corrected chi connectivity index (χ1v) is 5.59. The molecule has 5 nitrogen and oxygen atoms in total. The predicted octanol–water partition coefficient (Wildman–Crippen LogP) is 1.00. The van der Waals surface area contributed by atoms with E-state index in [2.05, 4.69) is 10.4 Å². The van der Waals surface area contributed by atoms with Gasteiger partial charge in [0.2, 0.25) is 0 Å². The van der Waals surface area contributed by atoms with E-state index in [1.54, 1.807) is 6.07 Å². The molecule has 1 aromatic heterocycles. The van der Waals surface area contributed by atoms with E-state index in [4.69, 9.17) is 27.9 Å². The van der Waals surface area contributed by atoms with Crippen molar-refractivity contribution >= 4 is 17.4 Å². The van der Waals surface area contributed by atoms with Gasteiger partial charge < -0.3 is 10.5 Å². The highest BCUT2D eigenvalue weighted by molar-refractivity contribution is 6.30. The van der Waals surface area contributed by atoms with Crippen molar-refractivity contribution in [1.82, 2.24) is 10.4 Å². The quantitative estimate of drug-likeness (QED) is 0.544. The fourth-order valence-electron chi connectivity index (χ4n) is 1.98. The minimum atomic E-state index is -0.159. The van der Waals surface area contributed by atoms with Gasteiger partial charge in [0.15, 0.2) is 0 Å². The predicted molar refractivity (Wildman–Crippen MR) is 62.7 cm³/mol. The Morgan fingerprint density at radius 3 is 3.06 bits per heavy atom. The van der Waals surface area contributed by atoms with E-state index in [0.717, 1.165) is 25.0 Å². The number of nitrogen functional groups attached to an aromatic ring is 1. The molecule has 0 aromatic carbocycles. The Morgan fingerprint density at radius 1 is 1.62 bits per heavy atom. The number of hydrazine groups is 1. The Hall–Kier alpha value is -0.880. The average molecular weight is 243 g/mol. The first-order valence-electron chi connectivity index (χ1n) is 5.21. The van der Waals surface area contributed by atoms with E-state index >= 15 is 0 Å². The van der Waals surface area contributed by atoms with Crippen molar-refractivity contribution in [2.75, 3.05) is 12.3 Å². The van der Waals surface area contributed by atoms with Crippen LogP contribution >= 0.6 is 11.6 Å². The molecule has 2 rings (SSSR count). The third-order valence-corrected chi connectivity index (χ3v) is 2.97. The molecule has 1 aromatic rings. The summed E-state index contributed by atoms with van der Waals surface area (Å²) in [7, 11) is 0. The zero-order valence-electron chi connectivity index (χ0n) is 8.82. The molecule has 1 fully saturated rings. The summed E-state index contributed by atoms with van der Waals surface area (Å²) in [5, 5.41) is 0.544. The Kier molecular flexibility index (Phi) is 3.60. The number of aromatic nitrogens is 1. The normalized spacial score (nSPS) is 22.2. The minimum Gasteiger partial charge on any atom is -0.383 e. The molecule has 0 aliphatic carbocycles. The van der Waals surface area contributed by atoms with Crippen molar-refractivity contribution < 1.29 is 4.74 Å². The van der Waals surface area contributed by atoms with Gasteiger partial charge in [-0.15, -0.1) is 0 Å². The molecule has 0 saturated carbocycles. The second-order valence-electron chi connectivity index (χ2n) is 3.82. The van der Waals surface area contributed by atoms with Crippen molar-refractivity contribution in [2.24, 2.45) is 5.84 Å². The maximum absolute atomic E-state index is 5.90. The van der Waals surface area contributed by atoms with Crippen molar-refractivity contribution in [3.05, 3.63) is 22.8 Å². The summed E-state index contributed by atoms with van der Waals surface area (Å²) >= 11 is 5.90. The summed E-state index contributed by atoms with van der Waals surface area (Å²) in [6.45, 7) is 0.761. The zero-order valence-corrected chi connectivity index (χ0v) is 9.57. The Labute approximate surface area is 99.1 Å². The number of nitrogens with two attached hydrogens (primary N) is 2. The highest BCUT2D eigenvalue weighted by Gasteiger charge is 2.28. The minimum absolute atomic E-state index is 0.0348. The van der Waals surface area contributed by atoms with E-state index in [0.29, 0.717) is 10.8 Å². The third-order valence-electron chi connectivity index (χ3n) is 2.77. The summed E-state index contributed by atoms with van der Waals surface area (Å²) in [6, 6.07) is 1.62. The number of anilines is 1. The molecule has 1 saturated heterocycles. The number of rotatable bonds is 3. The fourth-order valence-corrected chi connectivity index (χ4v) is 2.14. The standard InChI is InChI=1S/C10H15ClN4O/c11-6-4-7(10(12)14-5-6)9(15-13)8-2-1-3-16-8/h4-5,8-9,15H,1-3,13H2,(H2,12,14). The molecule has 2 unspecified atom stereocenters. The van der Waals surface area contributed by atoms with E-state index in [1.165, 1.54) is 6.20 Å². The highest BCUT2D eigenvalue weighted by Crippen LogP contribution is 2.30. The summed E-state index contributed by atoms with van der Waals surface area (Å²) in [4.78, 5) is 4.01. The summed E-state index contributed by atoms with van der Waals surface area (Å²) in [6.07, 6.45) is 3.55. The number of ether oxygens (including phenoxy) is 1. The number of nitrogens with one attached hydrogen (secondary N) is 1. The van der Waals surface area contributed by atoms with Gasteiger partial charge in [-0.25, -0.2) is 4.98 Å². The molecule has 6 heteroatoms. The van der Waals surface area contributed by atoms with Crippen LogP contribution < -0.4 is 17.0 Å². The molecule has 0 spiro atoms. The van der Waals surface area contributed by atoms with E-state index in [1.807, 2.05) is 0 Å². The zero-order chi connectivity index (χ0) is 11.5. The number of hydrogen-bond acceptors (Lipinski definition) is 5. The molecule has 0 radical (unpaired) electrons. The van der Waals surface area contributed by atoms with Crippen LogP contribution in [-0.2, 0) is 4.74 Å². The van der Waals surface area contributed by atoms with Crippen LogP contribution in [0.15, 0.2) is 12.3 Å². The van der Waals surface area contributed by atoms with Crippen molar-refractivity contribution in [1.29, 1.82) is 0 Å². The van der Waals surface area contributed by atoms with Crippen LogP contribution in [0.3, 0.4) is 0 Å². The second kappa shape index (κ2) is 4.97. The SMILES string of the molecule is NNC(c1cc(Cl)cnc1N)C1CCCO1. The number of halogens is 1. The van der Waals surface area contributed by atoms with Crippen LogP contribution in [0.2, 0.25) is 5.02 Å². The highest BCUT2D eigenvalue weighted by atomic mass is 35.5. The van der Waals surface area contributed by atoms with Gasteiger partial charge >= 0.3 is 0 Å². The molecular weight excluding hydrogens is 228 g/mol. The van der Waals surface area contributed by atoms with Crippen LogP contribution in [0.25, 0.3) is 0 Å². The van der Waals surface area contributed by atoms with Gasteiger partial charge in [-0.3, -0.25) is 11.3 Å². The molecule has 0 amide bonds. The molecule has 2 atom stereocenters. The largest absolute Gasteiger partial charge is 0.383 e. The molecule has 1 aliphatic rings. The maximum atomic E-state index is 5.90. The van der Waals surface area contributed by atoms with E-state index < -0.39 is 0 Å². The topological polar surface area (TPSA) is 86.2 Å². The first kappa shape index (κ1) is 11.6. The van der Waals surface area contributed by atoms with Crippen LogP contribution in [0.1, 0.15) is 24.4 Å². The molecule has 88 valence electrons. The van der Waals surface area contributed by atoms with Crippen LogP contribution in [0.4, 0.5) is 5.82 Å².